The number of benzene rings is 2. The number of anilines is 1. The molecule has 7 heteroatoms. The zero-order valence-corrected chi connectivity index (χ0v) is 17.7. The normalized spacial score (nSPS) is 16.7. The Morgan fingerprint density at radius 1 is 0.903 bits per heavy atom. The molecule has 1 heterocycles. The van der Waals surface area contributed by atoms with Crippen LogP contribution in [0.15, 0.2) is 48.5 Å². The Hall–Kier alpha value is -3.06. The number of phenols is 1. The quantitative estimate of drug-likeness (QED) is 0.641. The van der Waals surface area contributed by atoms with E-state index >= 15 is 0 Å². The SMILES string of the molecule is O=C(NCc1ccc(O)cc1)Nc1ccc(CC(=O)N2CCN(CC3CC3)CC2)cc1. The van der Waals surface area contributed by atoms with Crippen molar-refractivity contribution in [3.8, 4) is 5.75 Å². The first-order chi connectivity index (χ1) is 15.0. The molecule has 1 aliphatic heterocycles. The number of piperazine rings is 1. The predicted molar refractivity (Wildman–Crippen MR) is 120 cm³/mol. The molecule has 164 valence electrons. The molecule has 7 nitrogen and oxygen atoms in total. The summed E-state index contributed by atoms with van der Waals surface area (Å²) in [7, 11) is 0. The summed E-state index contributed by atoms with van der Waals surface area (Å²) in [6.07, 6.45) is 3.12. The molecule has 1 saturated carbocycles. The molecule has 0 spiro atoms. The lowest BCUT2D eigenvalue weighted by molar-refractivity contribution is -0.132. The van der Waals surface area contributed by atoms with Crippen LogP contribution in [0, 0.1) is 5.92 Å². The third kappa shape index (κ3) is 6.46. The lowest BCUT2D eigenvalue weighted by atomic mass is 10.1. The summed E-state index contributed by atoms with van der Waals surface area (Å²) >= 11 is 0. The number of carbonyl (C=O) groups is 2. The van der Waals surface area contributed by atoms with Gasteiger partial charge in [0.15, 0.2) is 0 Å². The molecule has 2 aromatic rings. The van der Waals surface area contributed by atoms with Crippen molar-refractivity contribution in [1.82, 2.24) is 15.1 Å². The molecule has 31 heavy (non-hydrogen) atoms. The van der Waals surface area contributed by atoms with Crippen LogP contribution in [0.1, 0.15) is 24.0 Å². The van der Waals surface area contributed by atoms with Crippen molar-refractivity contribution in [2.75, 3.05) is 38.0 Å². The fraction of sp³-hybridized carbons (Fsp3) is 0.417. The first-order valence-corrected chi connectivity index (χ1v) is 11.0. The first-order valence-electron chi connectivity index (χ1n) is 11.0. The average Bonchev–Trinajstić information content (AvgIpc) is 3.59. The second kappa shape index (κ2) is 9.83. The van der Waals surface area contributed by atoms with Gasteiger partial charge in [-0.3, -0.25) is 9.69 Å². The van der Waals surface area contributed by atoms with Gasteiger partial charge in [0, 0.05) is 45.0 Å². The van der Waals surface area contributed by atoms with Gasteiger partial charge in [0.1, 0.15) is 5.75 Å². The maximum Gasteiger partial charge on any atom is 0.319 e. The van der Waals surface area contributed by atoms with E-state index in [1.807, 2.05) is 29.2 Å². The summed E-state index contributed by atoms with van der Waals surface area (Å²) in [5.74, 6) is 1.25. The molecule has 1 aliphatic carbocycles. The third-order valence-corrected chi connectivity index (χ3v) is 5.89. The van der Waals surface area contributed by atoms with Crippen LogP contribution in [0.3, 0.4) is 0 Å². The summed E-state index contributed by atoms with van der Waals surface area (Å²) in [5, 5.41) is 14.9. The minimum atomic E-state index is -0.305. The van der Waals surface area contributed by atoms with Crippen molar-refractivity contribution in [2.24, 2.45) is 5.92 Å². The third-order valence-electron chi connectivity index (χ3n) is 5.89. The Morgan fingerprint density at radius 2 is 1.55 bits per heavy atom. The van der Waals surface area contributed by atoms with E-state index in [9.17, 15) is 14.7 Å². The molecule has 2 aromatic carbocycles. The number of aromatic hydroxyl groups is 1. The summed E-state index contributed by atoms with van der Waals surface area (Å²) in [6, 6.07) is 13.8. The number of nitrogens with one attached hydrogen (secondary N) is 2. The van der Waals surface area contributed by atoms with Crippen LogP contribution in [-0.2, 0) is 17.8 Å². The molecule has 3 amide bonds. The molecular formula is C24H30N4O3. The number of nitrogens with zero attached hydrogens (tertiary/aromatic N) is 2. The fourth-order valence-corrected chi connectivity index (χ4v) is 3.81. The first kappa shape index (κ1) is 21.2. The van der Waals surface area contributed by atoms with Gasteiger partial charge in [0.2, 0.25) is 5.91 Å². The Labute approximate surface area is 183 Å². The van der Waals surface area contributed by atoms with Gasteiger partial charge in [-0.05, 0) is 54.2 Å². The highest BCUT2D eigenvalue weighted by molar-refractivity contribution is 5.89. The maximum atomic E-state index is 12.6. The standard InChI is InChI=1S/C24H30N4O3/c29-22-9-5-19(6-10-22)16-25-24(31)26-21-7-3-18(4-8-21)15-23(30)28-13-11-27(12-14-28)17-20-1-2-20/h3-10,20,29H,1-2,11-17H2,(H2,25,26,31). The second-order valence-electron chi connectivity index (χ2n) is 8.47. The lowest BCUT2D eigenvalue weighted by Crippen LogP contribution is -2.49. The molecule has 0 bridgehead atoms. The summed E-state index contributed by atoms with van der Waals surface area (Å²) < 4.78 is 0. The van der Waals surface area contributed by atoms with Crippen molar-refractivity contribution in [3.05, 3.63) is 59.7 Å². The molecule has 0 aromatic heterocycles. The molecule has 2 fully saturated rings. The van der Waals surface area contributed by atoms with E-state index in [1.165, 1.54) is 19.4 Å². The fourth-order valence-electron chi connectivity index (χ4n) is 3.81. The molecule has 4 rings (SSSR count). The highest BCUT2D eigenvalue weighted by Crippen LogP contribution is 2.29. The Balaban J connectivity index is 1.19. The zero-order chi connectivity index (χ0) is 21.6. The molecule has 2 aliphatic rings. The number of phenolic OH excluding ortho intramolecular Hbond substituents is 1. The van der Waals surface area contributed by atoms with E-state index in [1.54, 1.807) is 24.3 Å². The predicted octanol–water partition coefficient (Wildman–Crippen LogP) is 2.81. The van der Waals surface area contributed by atoms with E-state index in [-0.39, 0.29) is 17.7 Å². The van der Waals surface area contributed by atoms with Gasteiger partial charge in [-0.2, -0.15) is 0 Å². The van der Waals surface area contributed by atoms with Crippen LogP contribution >= 0.6 is 0 Å². The topological polar surface area (TPSA) is 84.9 Å². The zero-order valence-electron chi connectivity index (χ0n) is 17.7. The van der Waals surface area contributed by atoms with E-state index in [2.05, 4.69) is 15.5 Å². The highest BCUT2D eigenvalue weighted by atomic mass is 16.3. The molecule has 1 saturated heterocycles. The smallest absolute Gasteiger partial charge is 0.319 e. The Bertz CT molecular complexity index is 886. The van der Waals surface area contributed by atoms with Gasteiger partial charge in [-0.25, -0.2) is 4.79 Å². The number of rotatable bonds is 7. The minimum absolute atomic E-state index is 0.165. The number of hydrogen-bond acceptors (Lipinski definition) is 4. The lowest BCUT2D eigenvalue weighted by Gasteiger charge is -2.34. The highest BCUT2D eigenvalue weighted by Gasteiger charge is 2.27. The van der Waals surface area contributed by atoms with E-state index in [0.29, 0.717) is 18.7 Å². The van der Waals surface area contributed by atoms with E-state index in [4.69, 9.17) is 0 Å². The Morgan fingerprint density at radius 3 is 2.19 bits per heavy atom. The van der Waals surface area contributed by atoms with Crippen molar-refractivity contribution < 1.29 is 14.7 Å². The van der Waals surface area contributed by atoms with Crippen LogP contribution in [-0.4, -0.2) is 59.6 Å². The monoisotopic (exact) mass is 422 g/mol. The van der Waals surface area contributed by atoms with Crippen molar-refractivity contribution in [1.29, 1.82) is 0 Å². The van der Waals surface area contributed by atoms with Crippen LogP contribution in [0.2, 0.25) is 0 Å². The molecule has 0 unspecified atom stereocenters. The van der Waals surface area contributed by atoms with Crippen molar-refractivity contribution >= 4 is 17.6 Å². The molecule has 0 atom stereocenters. The summed E-state index contributed by atoms with van der Waals surface area (Å²) in [4.78, 5) is 29.2. The summed E-state index contributed by atoms with van der Waals surface area (Å²) in [5.41, 5.74) is 2.52. The minimum Gasteiger partial charge on any atom is -0.508 e. The molecule has 0 radical (unpaired) electrons. The number of urea groups is 1. The average molecular weight is 423 g/mol. The van der Waals surface area contributed by atoms with Crippen molar-refractivity contribution in [2.45, 2.75) is 25.8 Å². The molecular weight excluding hydrogens is 392 g/mol. The van der Waals surface area contributed by atoms with Crippen LogP contribution in [0.4, 0.5) is 10.5 Å². The number of hydrogen-bond donors (Lipinski definition) is 3. The van der Waals surface area contributed by atoms with Gasteiger partial charge in [-0.1, -0.05) is 24.3 Å². The maximum absolute atomic E-state index is 12.6. The van der Waals surface area contributed by atoms with E-state index < -0.39 is 0 Å². The summed E-state index contributed by atoms with van der Waals surface area (Å²) in [6.45, 7) is 5.14. The van der Waals surface area contributed by atoms with Gasteiger partial charge >= 0.3 is 6.03 Å². The Kier molecular flexibility index (Phi) is 6.72. The van der Waals surface area contributed by atoms with Crippen LogP contribution in [0.25, 0.3) is 0 Å². The second-order valence-corrected chi connectivity index (χ2v) is 8.47. The van der Waals surface area contributed by atoms with E-state index in [0.717, 1.165) is 43.2 Å². The van der Waals surface area contributed by atoms with Gasteiger partial charge in [0.25, 0.3) is 0 Å². The largest absolute Gasteiger partial charge is 0.508 e. The number of carbonyl (C=O) groups excluding carboxylic acids is 2. The van der Waals surface area contributed by atoms with Crippen molar-refractivity contribution in [3.63, 3.8) is 0 Å². The molecule has 3 N–H and O–H groups in total. The van der Waals surface area contributed by atoms with Crippen LogP contribution < -0.4 is 10.6 Å². The van der Waals surface area contributed by atoms with Gasteiger partial charge < -0.3 is 20.6 Å². The van der Waals surface area contributed by atoms with Crippen LogP contribution in [0.5, 0.6) is 5.75 Å². The van der Waals surface area contributed by atoms with Gasteiger partial charge in [-0.15, -0.1) is 0 Å². The number of amides is 3. The van der Waals surface area contributed by atoms with Gasteiger partial charge in [0.05, 0.1) is 6.42 Å².